The second-order valence-electron chi connectivity index (χ2n) is 9.46. The number of halogens is 1. The molecule has 6 rings (SSSR count). The standard InChI is InChI=1S/C29H25ClN8O2/c30-22-11-14-25(38-18-32-35-36-38)21(15-22)16-31-26(39)17-37-28(20-9-5-2-6-10-20)34-24-13-12-23(33-27(24)29(37)40)19-7-3-1-4-8-19/h1-11,14-15,18,23,33H,12-13,16-17H2,(H,31,39). The van der Waals surface area contributed by atoms with Gasteiger partial charge in [-0.15, -0.1) is 5.10 Å². The Balaban J connectivity index is 1.30. The second kappa shape index (κ2) is 11.1. The summed E-state index contributed by atoms with van der Waals surface area (Å²) in [5.74, 6) is 0.107. The Bertz CT molecular complexity index is 1710. The highest BCUT2D eigenvalue weighted by atomic mass is 35.5. The average Bonchev–Trinajstić information content (AvgIpc) is 3.53. The van der Waals surface area contributed by atoms with Crippen LogP contribution in [0.1, 0.15) is 29.3 Å². The number of carbonyl (C=O) groups is 1. The largest absolute Gasteiger partial charge is 0.372 e. The zero-order valence-corrected chi connectivity index (χ0v) is 22.1. The molecule has 200 valence electrons. The number of benzene rings is 3. The molecule has 2 aromatic heterocycles. The molecule has 3 heterocycles. The highest BCUT2D eigenvalue weighted by Crippen LogP contribution is 2.31. The van der Waals surface area contributed by atoms with Crippen molar-refractivity contribution in [2.75, 3.05) is 5.32 Å². The third-order valence-electron chi connectivity index (χ3n) is 6.88. The van der Waals surface area contributed by atoms with Gasteiger partial charge in [-0.3, -0.25) is 14.2 Å². The van der Waals surface area contributed by atoms with Crippen LogP contribution in [0.3, 0.4) is 0 Å². The van der Waals surface area contributed by atoms with E-state index < -0.39 is 0 Å². The maximum Gasteiger partial charge on any atom is 0.277 e. The molecule has 1 amide bonds. The van der Waals surface area contributed by atoms with Crippen molar-refractivity contribution < 1.29 is 4.79 Å². The molecule has 0 aliphatic carbocycles. The van der Waals surface area contributed by atoms with Crippen molar-refractivity contribution in [2.24, 2.45) is 0 Å². The zero-order chi connectivity index (χ0) is 27.5. The van der Waals surface area contributed by atoms with E-state index >= 15 is 0 Å². The Morgan fingerprint density at radius 2 is 1.82 bits per heavy atom. The predicted molar refractivity (Wildman–Crippen MR) is 151 cm³/mol. The van der Waals surface area contributed by atoms with E-state index in [-0.39, 0.29) is 30.6 Å². The number of rotatable bonds is 7. The topological polar surface area (TPSA) is 120 Å². The van der Waals surface area contributed by atoms with Crippen LogP contribution in [0.15, 0.2) is 90.0 Å². The lowest BCUT2D eigenvalue weighted by molar-refractivity contribution is -0.121. The molecule has 40 heavy (non-hydrogen) atoms. The van der Waals surface area contributed by atoms with Gasteiger partial charge in [0.15, 0.2) is 0 Å². The minimum atomic E-state index is -0.348. The fraction of sp³-hybridized carbons (Fsp3) is 0.172. The highest BCUT2D eigenvalue weighted by Gasteiger charge is 2.26. The highest BCUT2D eigenvalue weighted by molar-refractivity contribution is 6.30. The lowest BCUT2D eigenvalue weighted by Gasteiger charge is -2.27. The van der Waals surface area contributed by atoms with Crippen molar-refractivity contribution in [3.05, 3.63) is 117 Å². The normalized spacial score (nSPS) is 14.3. The van der Waals surface area contributed by atoms with Gasteiger partial charge in [-0.1, -0.05) is 72.3 Å². The van der Waals surface area contributed by atoms with Crippen LogP contribution in [0.2, 0.25) is 5.02 Å². The number of aromatic nitrogens is 6. The molecule has 10 nitrogen and oxygen atoms in total. The van der Waals surface area contributed by atoms with Crippen LogP contribution in [0, 0.1) is 0 Å². The molecule has 0 radical (unpaired) electrons. The van der Waals surface area contributed by atoms with E-state index in [1.165, 1.54) is 15.6 Å². The first kappa shape index (κ1) is 25.4. The number of hydrogen-bond donors (Lipinski definition) is 2. The molecule has 0 saturated heterocycles. The molecule has 3 aromatic carbocycles. The van der Waals surface area contributed by atoms with E-state index in [0.29, 0.717) is 34.3 Å². The maximum atomic E-state index is 13.9. The summed E-state index contributed by atoms with van der Waals surface area (Å²) in [4.78, 5) is 32.0. The Morgan fingerprint density at radius 3 is 2.58 bits per heavy atom. The van der Waals surface area contributed by atoms with Gasteiger partial charge in [-0.2, -0.15) is 0 Å². The van der Waals surface area contributed by atoms with Gasteiger partial charge in [-0.05, 0) is 52.6 Å². The lowest BCUT2D eigenvalue weighted by Crippen LogP contribution is -2.37. The van der Waals surface area contributed by atoms with E-state index in [9.17, 15) is 9.59 Å². The summed E-state index contributed by atoms with van der Waals surface area (Å²) < 4.78 is 2.93. The Kier molecular flexibility index (Phi) is 7.07. The third-order valence-corrected chi connectivity index (χ3v) is 7.12. The predicted octanol–water partition coefficient (Wildman–Crippen LogP) is 3.96. The summed E-state index contributed by atoms with van der Waals surface area (Å²) in [6.07, 6.45) is 2.93. The van der Waals surface area contributed by atoms with Gasteiger partial charge in [0.1, 0.15) is 24.4 Å². The molecule has 1 unspecified atom stereocenters. The minimum Gasteiger partial charge on any atom is -0.372 e. The lowest BCUT2D eigenvalue weighted by atomic mass is 9.96. The summed E-state index contributed by atoms with van der Waals surface area (Å²) in [6.45, 7) is -0.0431. The number of amides is 1. The molecular weight excluding hydrogens is 528 g/mol. The molecular formula is C29H25ClN8O2. The van der Waals surface area contributed by atoms with Gasteiger partial charge in [0.2, 0.25) is 5.91 Å². The van der Waals surface area contributed by atoms with Crippen molar-refractivity contribution >= 4 is 23.2 Å². The molecule has 1 aliphatic rings. The van der Waals surface area contributed by atoms with Crippen molar-refractivity contribution in [2.45, 2.75) is 32.0 Å². The van der Waals surface area contributed by atoms with E-state index in [2.05, 4.69) is 26.2 Å². The van der Waals surface area contributed by atoms with Crippen LogP contribution in [0.25, 0.3) is 17.1 Å². The molecule has 0 bridgehead atoms. The van der Waals surface area contributed by atoms with Crippen molar-refractivity contribution in [1.82, 2.24) is 35.1 Å². The number of tetrazole rings is 1. The molecule has 1 atom stereocenters. The molecule has 0 spiro atoms. The quantitative estimate of drug-likeness (QED) is 0.314. The van der Waals surface area contributed by atoms with Gasteiger partial charge in [0.25, 0.3) is 5.56 Å². The van der Waals surface area contributed by atoms with Gasteiger partial charge < -0.3 is 10.6 Å². The second-order valence-corrected chi connectivity index (χ2v) is 9.90. The number of fused-ring (bicyclic) bond motifs is 1. The number of hydrogen-bond acceptors (Lipinski definition) is 7. The molecule has 5 aromatic rings. The molecule has 1 aliphatic heterocycles. The van der Waals surface area contributed by atoms with Crippen LogP contribution in [-0.4, -0.2) is 35.7 Å². The average molecular weight is 553 g/mol. The number of nitrogens with zero attached hydrogens (tertiary/aromatic N) is 6. The van der Waals surface area contributed by atoms with Crippen LogP contribution < -0.4 is 16.2 Å². The van der Waals surface area contributed by atoms with Gasteiger partial charge in [-0.25, -0.2) is 9.67 Å². The first-order valence-electron chi connectivity index (χ1n) is 12.9. The minimum absolute atomic E-state index is 0.0134. The summed E-state index contributed by atoms with van der Waals surface area (Å²) in [7, 11) is 0. The smallest absolute Gasteiger partial charge is 0.277 e. The van der Waals surface area contributed by atoms with Gasteiger partial charge in [0, 0.05) is 17.1 Å². The molecule has 0 saturated carbocycles. The fourth-order valence-electron chi connectivity index (χ4n) is 4.93. The van der Waals surface area contributed by atoms with Crippen molar-refractivity contribution in [1.29, 1.82) is 0 Å². The van der Waals surface area contributed by atoms with Crippen molar-refractivity contribution in [3.63, 3.8) is 0 Å². The number of anilines is 1. The molecule has 0 fully saturated rings. The summed E-state index contributed by atoms with van der Waals surface area (Å²) in [5.41, 5.74) is 4.13. The first-order chi connectivity index (χ1) is 19.6. The van der Waals surface area contributed by atoms with Gasteiger partial charge in [0.05, 0.1) is 17.4 Å². The summed E-state index contributed by atoms with van der Waals surface area (Å²) in [6, 6.07) is 24.7. The molecule has 2 N–H and O–H groups in total. The number of nitrogens with one attached hydrogen (secondary N) is 2. The van der Waals surface area contributed by atoms with Crippen LogP contribution >= 0.6 is 11.6 Å². The monoisotopic (exact) mass is 552 g/mol. The fourth-order valence-corrected chi connectivity index (χ4v) is 5.12. The van der Waals surface area contributed by atoms with E-state index in [4.69, 9.17) is 16.6 Å². The third kappa shape index (κ3) is 5.21. The Labute approximate surface area is 234 Å². The number of aryl methyl sites for hydroxylation is 1. The van der Waals surface area contributed by atoms with Crippen molar-refractivity contribution in [3.8, 4) is 17.1 Å². The van der Waals surface area contributed by atoms with Crippen LogP contribution in [0.4, 0.5) is 5.69 Å². The molecule has 11 heteroatoms. The Morgan fingerprint density at radius 1 is 1.05 bits per heavy atom. The first-order valence-corrected chi connectivity index (χ1v) is 13.2. The van der Waals surface area contributed by atoms with E-state index in [1.54, 1.807) is 18.2 Å². The van der Waals surface area contributed by atoms with Crippen LogP contribution in [-0.2, 0) is 24.3 Å². The Hall–Kier alpha value is -4.83. The van der Waals surface area contributed by atoms with E-state index in [0.717, 1.165) is 23.1 Å². The van der Waals surface area contributed by atoms with Gasteiger partial charge >= 0.3 is 0 Å². The van der Waals surface area contributed by atoms with Crippen LogP contribution in [0.5, 0.6) is 0 Å². The maximum absolute atomic E-state index is 13.9. The zero-order valence-electron chi connectivity index (χ0n) is 21.4. The SMILES string of the molecule is O=C(Cn1c(-c2ccccc2)nc2c(c1=O)NC(c1ccccc1)CC2)NCc1cc(Cl)ccc1-n1cnnn1. The summed E-state index contributed by atoms with van der Waals surface area (Å²) >= 11 is 6.22. The number of carbonyl (C=O) groups excluding carboxylic acids is 1. The summed E-state index contributed by atoms with van der Waals surface area (Å²) in [5, 5.41) is 18.1. The van der Waals surface area contributed by atoms with E-state index in [1.807, 2.05) is 60.7 Å².